The maximum Gasteiger partial charge on any atom is 0.251 e. The van der Waals surface area contributed by atoms with Crippen LogP contribution in [0.2, 0.25) is 0 Å². The molecule has 0 saturated heterocycles. The van der Waals surface area contributed by atoms with E-state index in [1.807, 2.05) is 42.7 Å². The van der Waals surface area contributed by atoms with Gasteiger partial charge in [-0.25, -0.2) is 0 Å². The summed E-state index contributed by atoms with van der Waals surface area (Å²) in [5.74, 6) is -0.0824. The van der Waals surface area contributed by atoms with E-state index in [1.54, 1.807) is 7.11 Å². The number of hydrogen-bond donors (Lipinski definition) is 1. The van der Waals surface area contributed by atoms with E-state index in [0.717, 1.165) is 23.2 Å². The van der Waals surface area contributed by atoms with Gasteiger partial charge in [-0.15, -0.1) is 23.7 Å². The van der Waals surface area contributed by atoms with Crippen molar-refractivity contribution in [2.45, 2.75) is 13.3 Å². The number of benzene rings is 2. The third-order valence-electron chi connectivity index (χ3n) is 4.96. The summed E-state index contributed by atoms with van der Waals surface area (Å²) >= 11 is 1.81. The predicted molar refractivity (Wildman–Crippen MR) is 130 cm³/mol. The molecule has 0 radical (unpaired) electrons. The Morgan fingerprint density at radius 3 is 2.74 bits per heavy atom. The maximum atomic E-state index is 12.4. The van der Waals surface area contributed by atoms with Gasteiger partial charge in [0.1, 0.15) is 0 Å². The lowest BCUT2D eigenvalue weighted by atomic mass is 10.0. The number of rotatable bonds is 7. The fourth-order valence-electron chi connectivity index (χ4n) is 3.54. The standard InChI is InChI=1S/C25H24N2O2S.ClH/c1-17-13-18(9-10-26-17)14-22-16-20-6-4-8-23(24(20)30-22)19-5-3-7-21(15-19)25(28)27-11-12-29-2;/h3-10,13,15-16H,11-12,14H2,1-2H3,(H,27,28);1H. The summed E-state index contributed by atoms with van der Waals surface area (Å²) < 4.78 is 6.25. The molecule has 4 rings (SSSR count). The molecule has 31 heavy (non-hydrogen) atoms. The Kier molecular flexibility index (Phi) is 7.80. The molecule has 2 aromatic heterocycles. The van der Waals surface area contributed by atoms with Crippen molar-refractivity contribution < 1.29 is 9.53 Å². The Hall–Kier alpha value is -2.73. The number of thiophene rings is 1. The van der Waals surface area contributed by atoms with Crippen LogP contribution in [0.25, 0.3) is 21.2 Å². The van der Waals surface area contributed by atoms with Crippen molar-refractivity contribution in [3.63, 3.8) is 0 Å². The van der Waals surface area contributed by atoms with Gasteiger partial charge in [-0.2, -0.15) is 0 Å². The summed E-state index contributed by atoms with van der Waals surface area (Å²) in [7, 11) is 1.62. The van der Waals surface area contributed by atoms with Crippen LogP contribution in [-0.4, -0.2) is 31.2 Å². The highest BCUT2D eigenvalue weighted by molar-refractivity contribution is 7.19. The van der Waals surface area contributed by atoms with Crippen molar-refractivity contribution in [1.29, 1.82) is 0 Å². The number of carbonyl (C=O) groups excluding carboxylic acids is 1. The second kappa shape index (κ2) is 10.5. The first kappa shape index (κ1) is 22.9. The number of nitrogens with one attached hydrogen (secondary N) is 1. The number of ether oxygens (including phenoxy) is 1. The van der Waals surface area contributed by atoms with Crippen molar-refractivity contribution >= 4 is 39.7 Å². The number of carbonyl (C=O) groups is 1. The number of pyridine rings is 1. The van der Waals surface area contributed by atoms with Gasteiger partial charge in [0.25, 0.3) is 5.91 Å². The van der Waals surface area contributed by atoms with Crippen LogP contribution in [0.5, 0.6) is 0 Å². The van der Waals surface area contributed by atoms with E-state index in [2.05, 4.69) is 52.8 Å². The van der Waals surface area contributed by atoms with Crippen LogP contribution < -0.4 is 5.32 Å². The van der Waals surface area contributed by atoms with Crippen molar-refractivity contribution in [1.82, 2.24) is 10.3 Å². The van der Waals surface area contributed by atoms with E-state index in [-0.39, 0.29) is 18.3 Å². The molecule has 6 heteroatoms. The van der Waals surface area contributed by atoms with E-state index >= 15 is 0 Å². The topological polar surface area (TPSA) is 51.2 Å². The lowest BCUT2D eigenvalue weighted by Crippen LogP contribution is -2.26. The molecule has 4 nitrogen and oxygen atoms in total. The number of hydrogen-bond acceptors (Lipinski definition) is 4. The monoisotopic (exact) mass is 452 g/mol. The number of nitrogens with zero attached hydrogens (tertiary/aromatic N) is 1. The SMILES string of the molecule is COCCNC(=O)c1cccc(-c2cccc3cc(Cc4ccnc(C)c4)sc23)c1.Cl. The largest absolute Gasteiger partial charge is 0.383 e. The van der Waals surface area contributed by atoms with Crippen LogP contribution >= 0.6 is 23.7 Å². The minimum absolute atomic E-state index is 0. The lowest BCUT2D eigenvalue weighted by Gasteiger charge is -2.08. The molecular formula is C25H25ClN2O2S. The molecule has 0 unspecified atom stereocenters. The highest BCUT2D eigenvalue weighted by Crippen LogP contribution is 2.36. The molecule has 0 atom stereocenters. The molecule has 1 N–H and O–H groups in total. The summed E-state index contributed by atoms with van der Waals surface area (Å²) in [5.41, 5.74) is 5.17. The normalized spacial score (nSPS) is 10.6. The van der Waals surface area contributed by atoms with Crippen LogP contribution in [0.1, 0.15) is 26.5 Å². The molecule has 0 aliphatic heterocycles. The summed E-state index contributed by atoms with van der Waals surface area (Å²) in [5, 5.41) is 4.12. The van der Waals surface area contributed by atoms with E-state index in [4.69, 9.17) is 4.74 Å². The van der Waals surface area contributed by atoms with E-state index in [0.29, 0.717) is 18.7 Å². The molecule has 0 saturated carbocycles. The minimum atomic E-state index is -0.0824. The molecule has 1 amide bonds. The van der Waals surface area contributed by atoms with E-state index in [1.165, 1.54) is 20.5 Å². The van der Waals surface area contributed by atoms with Gasteiger partial charge in [0.15, 0.2) is 0 Å². The Morgan fingerprint density at radius 2 is 1.94 bits per heavy atom. The summed E-state index contributed by atoms with van der Waals surface area (Å²) in [4.78, 5) is 18.0. The van der Waals surface area contributed by atoms with Crippen molar-refractivity contribution in [2.75, 3.05) is 20.3 Å². The number of methoxy groups -OCH3 is 1. The number of fused-ring (bicyclic) bond motifs is 1. The summed E-state index contributed by atoms with van der Waals surface area (Å²) in [6, 6.07) is 20.6. The molecule has 0 spiro atoms. The van der Waals surface area contributed by atoms with Crippen LogP contribution in [0, 0.1) is 6.92 Å². The van der Waals surface area contributed by atoms with Gasteiger partial charge in [-0.05, 0) is 59.3 Å². The van der Waals surface area contributed by atoms with Gasteiger partial charge in [0.05, 0.1) is 6.61 Å². The molecular weight excluding hydrogens is 428 g/mol. The zero-order valence-electron chi connectivity index (χ0n) is 17.6. The molecule has 0 fully saturated rings. The number of aromatic nitrogens is 1. The zero-order chi connectivity index (χ0) is 20.9. The summed E-state index contributed by atoms with van der Waals surface area (Å²) in [6.45, 7) is 3.02. The molecule has 0 aliphatic rings. The van der Waals surface area contributed by atoms with Gasteiger partial charge >= 0.3 is 0 Å². The minimum Gasteiger partial charge on any atom is -0.383 e. The average Bonchev–Trinajstić information content (AvgIpc) is 3.16. The molecule has 0 bridgehead atoms. The molecule has 0 aliphatic carbocycles. The lowest BCUT2D eigenvalue weighted by molar-refractivity contribution is 0.0937. The predicted octanol–water partition coefficient (Wildman–Crippen LogP) is 5.66. The van der Waals surface area contributed by atoms with Crippen LogP contribution in [0.3, 0.4) is 0 Å². The third kappa shape index (κ3) is 5.50. The fraction of sp³-hybridized carbons (Fsp3) is 0.200. The Morgan fingerprint density at radius 1 is 1.10 bits per heavy atom. The van der Waals surface area contributed by atoms with Crippen molar-refractivity contribution in [3.05, 3.63) is 88.6 Å². The number of halogens is 1. The van der Waals surface area contributed by atoms with Gasteiger partial charge in [0.2, 0.25) is 0 Å². The van der Waals surface area contributed by atoms with Crippen LogP contribution in [0.15, 0.2) is 66.9 Å². The van der Waals surface area contributed by atoms with Gasteiger partial charge in [-0.1, -0.05) is 30.3 Å². The Labute approximate surface area is 192 Å². The van der Waals surface area contributed by atoms with Crippen molar-refractivity contribution in [3.8, 4) is 11.1 Å². The average molecular weight is 453 g/mol. The first-order chi connectivity index (χ1) is 14.6. The highest BCUT2D eigenvalue weighted by Gasteiger charge is 2.11. The number of amides is 1. The summed E-state index contributed by atoms with van der Waals surface area (Å²) in [6.07, 6.45) is 2.76. The zero-order valence-corrected chi connectivity index (χ0v) is 19.2. The van der Waals surface area contributed by atoms with Gasteiger partial charge < -0.3 is 10.1 Å². The second-order valence-electron chi connectivity index (χ2n) is 7.25. The smallest absolute Gasteiger partial charge is 0.251 e. The van der Waals surface area contributed by atoms with Gasteiger partial charge in [-0.3, -0.25) is 9.78 Å². The Balaban J connectivity index is 0.00000272. The Bertz CT molecular complexity index is 1190. The maximum absolute atomic E-state index is 12.4. The quantitative estimate of drug-likeness (QED) is 0.368. The molecule has 4 aromatic rings. The van der Waals surface area contributed by atoms with E-state index in [9.17, 15) is 4.79 Å². The van der Waals surface area contributed by atoms with Crippen molar-refractivity contribution in [2.24, 2.45) is 0 Å². The van der Waals surface area contributed by atoms with Crippen LogP contribution in [0.4, 0.5) is 0 Å². The number of aryl methyl sites for hydroxylation is 1. The van der Waals surface area contributed by atoms with Gasteiger partial charge in [0, 0.05) is 47.1 Å². The fourth-order valence-corrected chi connectivity index (χ4v) is 4.77. The third-order valence-corrected chi connectivity index (χ3v) is 6.15. The first-order valence-electron chi connectivity index (χ1n) is 9.94. The highest BCUT2D eigenvalue weighted by atomic mass is 35.5. The molecule has 2 heterocycles. The van der Waals surface area contributed by atoms with E-state index < -0.39 is 0 Å². The second-order valence-corrected chi connectivity index (χ2v) is 8.39. The molecule has 160 valence electrons. The first-order valence-corrected chi connectivity index (χ1v) is 10.8. The van der Waals surface area contributed by atoms with Crippen LogP contribution in [-0.2, 0) is 11.2 Å². The molecule has 2 aromatic carbocycles.